The maximum atomic E-state index is 12.9. The number of nitrogens with one attached hydrogen (secondary N) is 1. The van der Waals surface area contributed by atoms with Gasteiger partial charge < -0.3 is 4.98 Å². The Bertz CT molecular complexity index is 899. The molecule has 6 heteroatoms. The van der Waals surface area contributed by atoms with Gasteiger partial charge in [-0.15, -0.1) is 0 Å². The highest BCUT2D eigenvalue weighted by atomic mass is 32.2. The average Bonchev–Trinajstić information content (AvgIpc) is 2.81. The van der Waals surface area contributed by atoms with Crippen LogP contribution in [0, 0.1) is 5.82 Å². The number of halogens is 1. The third-order valence-electron chi connectivity index (χ3n) is 3.22. The maximum absolute atomic E-state index is 12.9. The van der Waals surface area contributed by atoms with Gasteiger partial charge in [-0.3, -0.25) is 0 Å². The number of nitrogens with zero attached hydrogens (tertiary/aromatic N) is 1. The van der Waals surface area contributed by atoms with Gasteiger partial charge in [0.05, 0.1) is 15.9 Å². The van der Waals surface area contributed by atoms with Crippen LogP contribution in [0.4, 0.5) is 4.39 Å². The molecule has 1 heterocycles. The molecule has 1 aromatic heterocycles. The highest BCUT2D eigenvalue weighted by Crippen LogP contribution is 2.18. The van der Waals surface area contributed by atoms with Gasteiger partial charge in [0.25, 0.3) is 0 Å². The lowest BCUT2D eigenvalue weighted by atomic mass is 10.1. The molecule has 0 aliphatic rings. The molecule has 108 valence electrons. The molecule has 0 unspecified atom stereocenters. The smallest absolute Gasteiger partial charge is 0.175 e. The van der Waals surface area contributed by atoms with Crippen LogP contribution in [0.3, 0.4) is 0 Å². The molecule has 1 N–H and O–H groups in total. The zero-order valence-electron chi connectivity index (χ0n) is 11.3. The summed E-state index contributed by atoms with van der Waals surface area (Å²) in [6.45, 7) is 0. The van der Waals surface area contributed by atoms with Gasteiger partial charge in [0.2, 0.25) is 0 Å². The number of aromatic amines is 1. The largest absolute Gasteiger partial charge is 0.342 e. The van der Waals surface area contributed by atoms with Crippen molar-refractivity contribution >= 4 is 20.9 Å². The average molecular weight is 304 g/mol. The summed E-state index contributed by atoms with van der Waals surface area (Å²) in [4.78, 5) is 7.77. The molecule has 3 rings (SSSR count). The molecule has 0 saturated carbocycles. The third kappa shape index (κ3) is 2.95. The van der Waals surface area contributed by atoms with Gasteiger partial charge >= 0.3 is 0 Å². The van der Waals surface area contributed by atoms with E-state index in [2.05, 4.69) is 9.97 Å². The summed E-state index contributed by atoms with van der Waals surface area (Å²) >= 11 is 0. The number of hydrogen-bond donors (Lipinski definition) is 1. The molecule has 0 aliphatic carbocycles. The van der Waals surface area contributed by atoms with E-state index in [1.165, 1.54) is 18.4 Å². The van der Waals surface area contributed by atoms with E-state index in [1.54, 1.807) is 30.3 Å². The number of hydrogen-bond acceptors (Lipinski definition) is 3. The minimum Gasteiger partial charge on any atom is -0.342 e. The van der Waals surface area contributed by atoms with Crippen LogP contribution in [-0.2, 0) is 16.3 Å². The second kappa shape index (κ2) is 4.96. The first-order valence-corrected chi connectivity index (χ1v) is 8.24. The van der Waals surface area contributed by atoms with Crippen LogP contribution in [0.15, 0.2) is 47.4 Å². The fourth-order valence-electron chi connectivity index (χ4n) is 2.15. The van der Waals surface area contributed by atoms with E-state index in [0.29, 0.717) is 23.3 Å². The number of sulfone groups is 1. The number of rotatable bonds is 3. The Morgan fingerprint density at radius 1 is 1.14 bits per heavy atom. The first-order valence-electron chi connectivity index (χ1n) is 6.35. The van der Waals surface area contributed by atoms with E-state index in [9.17, 15) is 12.8 Å². The number of benzene rings is 2. The molecule has 0 atom stereocenters. The standard InChI is InChI=1S/C15H13FN2O2S/c1-21(19,20)12-6-7-13-14(9-12)18-15(17-13)8-10-2-4-11(16)5-3-10/h2-7,9H,8H2,1H3,(H,17,18). The molecule has 2 aromatic carbocycles. The van der Waals surface area contributed by atoms with Gasteiger partial charge in [-0.1, -0.05) is 12.1 Å². The summed E-state index contributed by atoms with van der Waals surface area (Å²) in [6, 6.07) is 11.0. The van der Waals surface area contributed by atoms with Crippen LogP contribution >= 0.6 is 0 Å². The van der Waals surface area contributed by atoms with Crippen LogP contribution in [-0.4, -0.2) is 24.6 Å². The lowest BCUT2D eigenvalue weighted by molar-refractivity contribution is 0.602. The predicted molar refractivity (Wildman–Crippen MR) is 78.4 cm³/mol. The second-order valence-electron chi connectivity index (χ2n) is 4.94. The molecule has 4 nitrogen and oxygen atoms in total. The second-order valence-corrected chi connectivity index (χ2v) is 6.95. The summed E-state index contributed by atoms with van der Waals surface area (Å²) < 4.78 is 35.9. The minimum absolute atomic E-state index is 0.256. The Kier molecular flexibility index (Phi) is 3.25. The molecular formula is C15H13FN2O2S. The fourth-order valence-corrected chi connectivity index (χ4v) is 2.80. The van der Waals surface area contributed by atoms with Gasteiger partial charge in [0, 0.05) is 12.7 Å². The Morgan fingerprint density at radius 3 is 2.52 bits per heavy atom. The van der Waals surface area contributed by atoms with Crippen molar-refractivity contribution in [2.75, 3.05) is 6.26 Å². The van der Waals surface area contributed by atoms with Crippen molar-refractivity contribution < 1.29 is 12.8 Å². The van der Waals surface area contributed by atoms with Crippen molar-refractivity contribution in [2.24, 2.45) is 0 Å². The van der Waals surface area contributed by atoms with E-state index < -0.39 is 9.84 Å². The number of aromatic nitrogens is 2. The van der Waals surface area contributed by atoms with Crippen molar-refractivity contribution in [2.45, 2.75) is 11.3 Å². The van der Waals surface area contributed by atoms with Gasteiger partial charge in [-0.05, 0) is 35.9 Å². The molecule has 0 aliphatic heterocycles. The minimum atomic E-state index is -3.24. The van der Waals surface area contributed by atoms with E-state index >= 15 is 0 Å². The zero-order valence-corrected chi connectivity index (χ0v) is 12.1. The Morgan fingerprint density at radius 2 is 1.86 bits per heavy atom. The lowest BCUT2D eigenvalue weighted by Crippen LogP contribution is -1.96. The number of H-pyrrole nitrogens is 1. The summed E-state index contributed by atoms with van der Waals surface area (Å²) in [7, 11) is -3.24. The molecule has 0 bridgehead atoms. The van der Waals surface area contributed by atoms with Gasteiger partial charge in [0.1, 0.15) is 11.6 Å². The van der Waals surface area contributed by atoms with Crippen molar-refractivity contribution in [3.63, 3.8) is 0 Å². The van der Waals surface area contributed by atoms with E-state index in [1.807, 2.05) is 0 Å². The van der Waals surface area contributed by atoms with Crippen LogP contribution in [0.5, 0.6) is 0 Å². The van der Waals surface area contributed by atoms with E-state index in [4.69, 9.17) is 0 Å². The summed E-state index contributed by atoms with van der Waals surface area (Å²) in [5, 5.41) is 0. The molecule has 0 amide bonds. The monoisotopic (exact) mass is 304 g/mol. The molecular weight excluding hydrogens is 291 g/mol. The van der Waals surface area contributed by atoms with Gasteiger partial charge in [-0.25, -0.2) is 17.8 Å². The van der Waals surface area contributed by atoms with Crippen molar-refractivity contribution in [1.29, 1.82) is 0 Å². The number of fused-ring (bicyclic) bond motifs is 1. The van der Waals surface area contributed by atoms with Crippen molar-refractivity contribution in [3.05, 3.63) is 59.7 Å². The highest BCUT2D eigenvalue weighted by Gasteiger charge is 2.10. The van der Waals surface area contributed by atoms with Crippen LogP contribution in [0.25, 0.3) is 11.0 Å². The van der Waals surface area contributed by atoms with Crippen LogP contribution in [0.1, 0.15) is 11.4 Å². The molecule has 0 saturated heterocycles. The summed E-state index contributed by atoms with van der Waals surface area (Å²) in [5.41, 5.74) is 2.31. The zero-order chi connectivity index (χ0) is 15.0. The first kappa shape index (κ1) is 13.8. The molecule has 21 heavy (non-hydrogen) atoms. The van der Waals surface area contributed by atoms with E-state index in [-0.39, 0.29) is 10.7 Å². The normalized spacial score (nSPS) is 11.9. The summed E-state index contributed by atoms with van der Waals surface area (Å²) in [5.74, 6) is 0.434. The maximum Gasteiger partial charge on any atom is 0.175 e. The Balaban J connectivity index is 1.95. The molecule has 0 fully saturated rings. The van der Waals surface area contributed by atoms with Gasteiger partial charge in [-0.2, -0.15) is 0 Å². The molecule has 0 spiro atoms. The SMILES string of the molecule is CS(=O)(=O)c1ccc2nc(Cc3ccc(F)cc3)[nH]c2c1. The Hall–Kier alpha value is -2.21. The van der Waals surface area contributed by atoms with Crippen molar-refractivity contribution in [3.8, 4) is 0 Å². The summed E-state index contributed by atoms with van der Waals surface area (Å²) in [6.07, 6.45) is 1.70. The first-order chi connectivity index (χ1) is 9.91. The molecule has 3 aromatic rings. The fraction of sp³-hybridized carbons (Fsp3) is 0.133. The lowest BCUT2D eigenvalue weighted by Gasteiger charge is -1.97. The quantitative estimate of drug-likeness (QED) is 0.809. The highest BCUT2D eigenvalue weighted by molar-refractivity contribution is 7.90. The van der Waals surface area contributed by atoms with Gasteiger partial charge in [0.15, 0.2) is 9.84 Å². The Labute approximate surface area is 121 Å². The topological polar surface area (TPSA) is 62.8 Å². The van der Waals surface area contributed by atoms with Crippen LogP contribution < -0.4 is 0 Å². The third-order valence-corrected chi connectivity index (χ3v) is 4.33. The van der Waals surface area contributed by atoms with E-state index in [0.717, 1.165) is 5.56 Å². The number of imidazole rings is 1. The predicted octanol–water partition coefficient (Wildman–Crippen LogP) is 2.70. The molecule has 0 radical (unpaired) electrons. The van der Waals surface area contributed by atoms with Crippen molar-refractivity contribution in [1.82, 2.24) is 9.97 Å². The van der Waals surface area contributed by atoms with Crippen LogP contribution in [0.2, 0.25) is 0 Å².